The second-order valence-corrected chi connectivity index (χ2v) is 7.54. The van der Waals surface area contributed by atoms with E-state index in [1.807, 2.05) is 19.9 Å². The lowest BCUT2D eigenvalue weighted by Gasteiger charge is -2.36. The van der Waals surface area contributed by atoms with Gasteiger partial charge in [-0.05, 0) is 31.5 Å². The number of fused-ring (bicyclic) bond motifs is 1. The van der Waals surface area contributed by atoms with Gasteiger partial charge < -0.3 is 19.3 Å². The Hall–Kier alpha value is -1.60. The smallest absolute Gasteiger partial charge is 0.231 e. The second-order valence-electron chi connectivity index (χ2n) is 7.54. The number of ether oxygens (including phenoxy) is 3. The molecular formula is C20H30N2O4. The van der Waals surface area contributed by atoms with Crippen LogP contribution >= 0.6 is 0 Å². The van der Waals surface area contributed by atoms with Crippen LogP contribution < -0.4 is 9.47 Å². The molecule has 1 aromatic rings. The van der Waals surface area contributed by atoms with Gasteiger partial charge in [-0.1, -0.05) is 12.1 Å². The summed E-state index contributed by atoms with van der Waals surface area (Å²) in [5.41, 5.74) is 0.840. The van der Waals surface area contributed by atoms with Crippen molar-refractivity contribution in [2.75, 3.05) is 46.1 Å². The molecule has 144 valence electrons. The van der Waals surface area contributed by atoms with Crippen molar-refractivity contribution < 1.29 is 19.3 Å². The maximum absolute atomic E-state index is 10.2. The molecular weight excluding hydrogens is 332 g/mol. The van der Waals surface area contributed by atoms with Crippen molar-refractivity contribution in [2.24, 2.45) is 0 Å². The zero-order valence-corrected chi connectivity index (χ0v) is 15.8. The summed E-state index contributed by atoms with van der Waals surface area (Å²) in [5.74, 6) is 1.67. The van der Waals surface area contributed by atoms with E-state index in [0.717, 1.165) is 44.2 Å². The fourth-order valence-electron chi connectivity index (χ4n) is 3.15. The highest BCUT2D eigenvalue weighted by Crippen LogP contribution is 2.32. The maximum Gasteiger partial charge on any atom is 0.231 e. The van der Waals surface area contributed by atoms with Gasteiger partial charge in [0.05, 0.1) is 18.3 Å². The van der Waals surface area contributed by atoms with Gasteiger partial charge in [0.2, 0.25) is 6.79 Å². The van der Waals surface area contributed by atoms with Gasteiger partial charge in [-0.15, -0.1) is 6.58 Å². The SMILES string of the molecule is C=CC(C)(C)OC[C@@H](O)CN1CCN(Cc2ccc3c(c2)OCO3)CC1. The summed E-state index contributed by atoms with van der Waals surface area (Å²) in [5, 5.41) is 10.2. The molecule has 1 aromatic carbocycles. The van der Waals surface area contributed by atoms with Crippen LogP contribution in [-0.4, -0.2) is 72.7 Å². The Morgan fingerprint density at radius 2 is 1.88 bits per heavy atom. The average molecular weight is 362 g/mol. The minimum atomic E-state index is -0.477. The van der Waals surface area contributed by atoms with Gasteiger partial charge in [-0.25, -0.2) is 0 Å². The fourth-order valence-corrected chi connectivity index (χ4v) is 3.15. The minimum Gasteiger partial charge on any atom is -0.454 e. The van der Waals surface area contributed by atoms with E-state index in [0.29, 0.717) is 19.9 Å². The van der Waals surface area contributed by atoms with Crippen molar-refractivity contribution in [1.82, 2.24) is 9.80 Å². The lowest BCUT2D eigenvalue weighted by Crippen LogP contribution is -2.48. The van der Waals surface area contributed by atoms with Crippen LogP contribution in [0.4, 0.5) is 0 Å². The highest BCUT2D eigenvalue weighted by atomic mass is 16.7. The third-order valence-electron chi connectivity index (χ3n) is 4.92. The van der Waals surface area contributed by atoms with Gasteiger partial charge in [0, 0.05) is 39.3 Å². The standard InChI is InChI=1S/C20H30N2O4/c1-4-20(2,3)26-14-17(23)13-22-9-7-21(8-10-22)12-16-5-6-18-19(11-16)25-15-24-18/h4-6,11,17,23H,1,7-10,12-15H2,2-3H3/t17-/m0/s1. The number of aliphatic hydroxyl groups is 1. The van der Waals surface area contributed by atoms with E-state index in [2.05, 4.69) is 28.5 Å². The normalized spacial score (nSPS) is 19.5. The number of nitrogens with zero attached hydrogens (tertiary/aromatic N) is 2. The third kappa shape index (κ3) is 5.20. The van der Waals surface area contributed by atoms with Gasteiger partial charge in [-0.3, -0.25) is 9.80 Å². The molecule has 1 saturated heterocycles. The second kappa shape index (κ2) is 8.39. The van der Waals surface area contributed by atoms with Crippen LogP contribution in [0.2, 0.25) is 0 Å². The number of aliphatic hydroxyl groups excluding tert-OH is 1. The van der Waals surface area contributed by atoms with E-state index < -0.39 is 11.7 Å². The number of hydrogen-bond donors (Lipinski definition) is 1. The Balaban J connectivity index is 1.39. The first kappa shape index (κ1) is 19.2. The van der Waals surface area contributed by atoms with E-state index >= 15 is 0 Å². The molecule has 1 fully saturated rings. The molecule has 0 saturated carbocycles. The molecule has 0 aliphatic carbocycles. The quantitative estimate of drug-likeness (QED) is 0.713. The predicted molar refractivity (Wildman–Crippen MR) is 101 cm³/mol. The molecule has 1 N–H and O–H groups in total. The largest absolute Gasteiger partial charge is 0.454 e. The highest BCUT2D eigenvalue weighted by Gasteiger charge is 2.22. The van der Waals surface area contributed by atoms with E-state index in [-0.39, 0.29) is 0 Å². The van der Waals surface area contributed by atoms with E-state index in [9.17, 15) is 5.11 Å². The first-order valence-corrected chi connectivity index (χ1v) is 9.24. The molecule has 0 radical (unpaired) electrons. The van der Waals surface area contributed by atoms with E-state index in [1.54, 1.807) is 6.08 Å². The van der Waals surface area contributed by atoms with Crippen LogP contribution in [0.25, 0.3) is 0 Å². The Morgan fingerprint density at radius 3 is 2.62 bits per heavy atom. The monoisotopic (exact) mass is 362 g/mol. The van der Waals surface area contributed by atoms with E-state index in [4.69, 9.17) is 14.2 Å². The first-order valence-electron chi connectivity index (χ1n) is 9.24. The zero-order valence-electron chi connectivity index (χ0n) is 15.8. The molecule has 2 aliphatic heterocycles. The molecule has 26 heavy (non-hydrogen) atoms. The number of piperazine rings is 1. The first-order chi connectivity index (χ1) is 12.4. The topological polar surface area (TPSA) is 54.4 Å². The van der Waals surface area contributed by atoms with Gasteiger partial charge in [0.15, 0.2) is 11.5 Å². The molecule has 0 amide bonds. The Morgan fingerprint density at radius 1 is 1.19 bits per heavy atom. The number of rotatable bonds is 8. The van der Waals surface area contributed by atoms with Crippen molar-refractivity contribution in [3.63, 3.8) is 0 Å². The summed E-state index contributed by atoms with van der Waals surface area (Å²) in [4.78, 5) is 4.73. The Bertz CT molecular complexity index is 612. The van der Waals surface area contributed by atoms with Crippen molar-refractivity contribution in [3.05, 3.63) is 36.4 Å². The Kier molecular flexibility index (Phi) is 6.19. The van der Waals surface area contributed by atoms with Crippen LogP contribution in [0.1, 0.15) is 19.4 Å². The zero-order chi connectivity index (χ0) is 18.6. The Labute approximate surface area is 155 Å². The lowest BCUT2D eigenvalue weighted by atomic mass is 10.1. The van der Waals surface area contributed by atoms with E-state index in [1.165, 1.54) is 5.56 Å². The molecule has 6 nitrogen and oxygen atoms in total. The molecule has 3 rings (SSSR count). The van der Waals surface area contributed by atoms with Gasteiger partial charge >= 0.3 is 0 Å². The number of β-amino-alcohol motifs (C(OH)–C–C–N with tert-alkyl or cyclic N) is 1. The summed E-state index contributed by atoms with van der Waals surface area (Å²) in [6, 6.07) is 6.15. The molecule has 0 bridgehead atoms. The summed E-state index contributed by atoms with van der Waals surface area (Å²) in [7, 11) is 0. The summed E-state index contributed by atoms with van der Waals surface area (Å²) in [6.07, 6.45) is 1.28. The summed E-state index contributed by atoms with van der Waals surface area (Å²) in [6.45, 7) is 13.7. The number of benzene rings is 1. The number of hydrogen-bond acceptors (Lipinski definition) is 6. The fraction of sp³-hybridized carbons (Fsp3) is 0.600. The average Bonchev–Trinajstić information content (AvgIpc) is 3.10. The molecule has 0 unspecified atom stereocenters. The summed E-state index contributed by atoms with van der Waals surface area (Å²) >= 11 is 0. The maximum atomic E-state index is 10.2. The van der Waals surface area contributed by atoms with Crippen LogP contribution in [0, 0.1) is 0 Å². The van der Waals surface area contributed by atoms with Gasteiger partial charge in [-0.2, -0.15) is 0 Å². The van der Waals surface area contributed by atoms with Crippen LogP contribution in [0.5, 0.6) is 11.5 Å². The van der Waals surface area contributed by atoms with Gasteiger partial charge in [0.25, 0.3) is 0 Å². The minimum absolute atomic E-state index is 0.313. The molecule has 1 atom stereocenters. The van der Waals surface area contributed by atoms with Crippen LogP contribution in [-0.2, 0) is 11.3 Å². The van der Waals surface area contributed by atoms with Crippen LogP contribution in [0.3, 0.4) is 0 Å². The van der Waals surface area contributed by atoms with Crippen molar-refractivity contribution in [1.29, 1.82) is 0 Å². The van der Waals surface area contributed by atoms with Crippen molar-refractivity contribution in [3.8, 4) is 11.5 Å². The van der Waals surface area contributed by atoms with Gasteiger partial charge in [0.1, 0.15) is 0 Å². The highest BCUT2D eigenvalue weighted by molar-refractivity contribution is 5.44. The third-order valence-corrected chi connectivity index (χ3v) is 4.92. The van der Waals surface area contributed by atoms with Crippen molar-refractivity contribution >= 4 is 0 Å². The molecule has 0 spiro atoms. The lowest BCUT2D eigenvalue weighted by molar-refractivity contribution is -0.0451. The molecule has 2 heterocycles. The molecule has 2 aliphatic rings. The van der Waals surface area contributed by atoms with Crippen molar-refractivity contribution in [2.45, 2.75) is 32.1 Å². The summed E-state index contributed by atoms with van der Waals surface area (Å²) < 4.78 is 16.5. The predicted octanol–water partition coefficient (Wildman–Crippen LogP) is 1.87. The molecule has 0 aromatic heterocycles. The molecule has 6 heteroatoms. The van der Waals surface area contributed by atoms with Crippen LogP contribution in [0.15, 0.2) is 30.9 Å².